The molecule has 0 radical (unpaired) electrons. The molecule has 0 bridgehead atoms. The molecule has 32 heavy (non-hydrogen) atoms. The number of halogens is 2. The van der Waals surface area contributed by atoms with Crippen molar-refractivity contribution in [1.82, 2.24) is 0 Å². The van der Waals surface area contributed by atoms with Crippen LogP contribution >= 0.6 is 0 Å². The lowest BCUT2D eigenvalue weighted by Gasteiger charge is -2.31. The van der Waals surface area contributed by atoms with Gasteiger partial charge in [0.15, 0.2) is 0 Å². The molecule has 2 fully saturated rings. The smallest absolute Gasteiger partial charge is 0.314 e. The van der Waals surface area contributed by atoms with Crippen LogP contribution in [0.15, 0.2) is 12.1 Å². The van der Waals surface area contributed by atoms with E-state index in [1.807, 2.05) is 0 Å². The summed E-state index contributed by atoms with van der Waals surface area (Å²) in [4.78, 5) is 12.4. The van der Waals surface area contributed by atoms with Crippen molar-refractivity contribution in [3.63, 3.8) is 0 Å². The molecule has 2 saturated carbocycles. The second-order valence-electron chi connectivity index (χ2n) is 9.48. The van der Waals surface area contributed by atoms with Gasteiger partial charge in [-0.1, -0.05) is 45.4 Å². The highest BCUT2D eigenvalue weighted by Crippen LogP contribution is 2.34. The van der Waals surface area contributed by atoms with Crippen LogP contribution in [0.1, 0.15) is 89.5 Å². The zero-order valence-corrected chi connectivity index (χ0v) is 19.1. The Balaban J connectivity index is 1.35. The number of ether oxygens (including phenoxy) is 2. The van der Waals surface area contributed by atoms with Crippen molar-refractivity contribution in [2.24, 2.45) is 17.8 Å². The monoisotopic (exact) mass is 447 g/mol. The molecule has 0 N–H and O–H groups in total. The number of nitrogens with zero attached hydrogens (tertiary/aromatic N) is 1. The molecule has 6 heteroatoms. The van der Waals surface area contributed by atoms with E-state index in [0.717, 1.165) is 37.5 Å². The van der Waals surface area contributed by atoms with Crippen molar-refractivity contribution in [3.05, 3.63) is 29.3 Å². The Morgan fingerprint density at radius 1 is 1.00 bits per heavy atom. The van der Waals surface area contributed by atoms with Gasteiger partial charge in [0.1, 0.15) is 29.0 Å². The van der Waals surface area contributed by atoms with Gasteiger partial charge < -0.3 is 9.47 Å². The molecule has 0 unspecified atom stereocenters. The van der Waals surface area contributed by atoms with E-state index in [9.17, 15) is 13.6 Å². The highest BCUT2D eigenvalue weighted by molar-refractivity contribution is 5.75. The SMILES string of the molecule is CCCCC[C@H]1CC[C@H](CO[C@H]2CC[C@H](C(=O)Oc3cc(F)c(C#N)c(F)c3)CC2)CC1. The third-order valence-corrected chi connectivity index (χ3v) is 7.10. The average molecular weight is 448 g/mol. The molecule has 3 rings (SSSR count). The molecule has 0 spiro atoms. The molecule has 0 heterocycles. The van der Waals surface area contributed by atoms with Crippen LogP contribution in [0.2, 0.25) is 0 Å². The Hall–Kier alpha value is -2.00. The minimum Gasteiger partial charge on any atom is -0.426 e. The lowest BCUT2D eigenvalue weighted by atomic mass is 9.80. The van der Waals surface area contributed by atoms with Gasteiger partial charge in [0.25, 0.3) is 0 Å². The number of rotatable bonds is 9. The topological polar surface area (TPSA) is 59.3 Å². The van der Waals surface area contributed by atoms with Crippen LogP contribution in [-0.2, 0) is 9.53 Å². The molecule has 176 valence electrons. The van der Waals surface area contributed by atoms with Crippen LogP contribution in [-0.4, -0.2) is 18.7 Å². The molecule has 1 aromatic rings. The molecule has 0 aromatic heterocycles. The number of carbonyl (C=O) groups excluding carboxylic acids is 1. The first-order chi connectivity index (χ1) is 15.5. The van der Waals surface area contributed by atoms with E-state index in [1.165, 1.54) is 57.4 Å². The van der Waals surface area contributed by atoms with Crippen molar-refractivity contribution in [1.29, 1.82) is 5.26 Å². The summed E-state index contributed by atoms with van der Waals surface area (Å²) < 4.78 is 38.8. The standard InChI is InChI=1S/C26H35F2NO3/c1-2-3-4-5-18-6-8-19(9-7-18)17-31-21-12-10-20(11-13-21)26(30)32-22-14-24(27)23(16-29)25(28)15-22/h14-15,18-21H,2-13,17H2,1H3/t18-,19-,20-,21-. The first-order valence-corrected chi connectivity index (χ1v) is 12.2. The van der Waals surface area contributed by atoms with Crippen LogP contribution < -0.4 is 4.74 Å². The first-order valence-electron chi connectivity index (χ1n) is 12.2. The normalized spacial score (nSPS) is 25.8. The van der Waals surface area contributed by atoms with Crippen molar-refractivity contribution < 1.29 is 23.0 Å². The number of benzene rings is 1. The molecule has 2 aliphatic rings. The first kappa shape index (κ1) is 24.6. The van der Waals surface area contributed by atoms with Crippen LogP contribution in [0, 0.1) is 40.7 Å². The van der Waals surface area contributed by atoms with Crippen molar-refractivity contribution in [2.75, 3.05) is 6.61 Å². The van der Waals surface area contributed by atoms with Crippen LogP contribution in [0.4, 0.5) is 8.78 Å². The number of unbranched alkanes of at least 4 members (excludes halogenated alkanes) is 2. The van der Waals surface area contributed by atoms with Crippen molar-refractivity contribution in [2.45, 2.75) is 90.1 Å². The Morgan fingerprint density at radius 3 is 2.22 bits per heavy atom. The fourth-order valence-electron chi connectivity index (χ4n) is 5.02. The summed E-state index contributed by atoms with van der Waals surface area (Å²) in [6, 6.07) is 3.22. The zero-order chi connectivity index (χ0) is 22.9. The quantitative estimate of drug-likeness (QED) is 0.240. The zero-order valence-electron chi connectivity index (χ0n) is 19.1. The fraction of sp³-hybridized carbons (Fsp3) is 0.692. The molecule has 1 aromatic carbocycles. The predicted octanol–water partition coefficient (Wildman–Crippen LogP) is 6.70. The number of nitriles is 1. The number of hydrogen-bond acceptors (Lipinski definition) is 4. The number of hydrogen-bond donors (Lipinski definition) is 0. The maximum Gasteiger partial charge on any atom is 0.314 e. The number of carbonyl (C=O) groups is 1. The van der Waals surface area contributed by atoms with Crippen LogP contribution in [0.25, 0.3) is 0 Å². The van der Waals surface area contributed by atoms with Gasteiger partial charge in [-0.15, -0.1) is 0 Å². The fourth-order valence-corrected chi connectivity index (χ4v) is 5.02. The van der Waals surface area contributed by atoms with Gasteiger partial charge in [0.2, 0.25) is 0 Å². The molecule has 2 aliphatic carbocycles. The van der Waals surface area contributed by atoms with Gasteiger partial charge >= 0.3 is 5.97 Å². The van der Waals surface area contributed by atoms with E-state index >= 15 is 0 Å². The molecule has 0 atom stereocenters. The van der Waals surface area contributed by atoms with Crippen LogP contribution in [0.3, 0.4) is 0 Å². The Bertz CT molecular complexity index is 768. The molecule has 0 saturated heterocycles. The largest absolute Gasteiger partial charge is 0.426 e. The summed E-state index contributed by atoms with van der Waals surface area (Å²) >= 11 is 0. The summed E-state index contributed by atoms with van der Waals surface area (Å²) in [5, 5.41) is 8.73. The van der Waals surface area contributed by atoms with Crippen molar-refractivity contribution in [3.8, 4) is 11.8 Å². The summed E-state index contributed by atoms with van der Waals surface area (Å²) in [7, 11) is 0. The van der Waals surface area contributed by atoms with Gasteiger partial charge in [0.05, 0.1) is 12.0 Å². The molecular weight excluding hydrogens is 412 g/mol. The van der Waals surface area contributed by atoms with Crippen LogP contribution in [0.5, 0.6) is 5.75 Å². The Labute approximate surface area is 190 Å². The highest BCUT2D eigenvalue weighted by atomic mass is 19.1. The van der Waals surface area contributed by atoms with E-state index in [4.69, 9.17) is 14.7 Å². The molecule has 0 aliphatic heterocycles. The maximum absolute atomic E-state index is 13.7. The third kappa shape index (κ3) is 7.00. The molecular formula is C26H35F2NO3. The Morgan fingerprint density at radius 2 is 1.62 bits per heavy atom. The summed E-state index contributed by atoms with van der Waals surface area (Å²) in [5.41, 5.74) is -0.674. The summed E-state index contributed by atoms with van der Waals surface area (Å²) in [6.07, 6.45) is 13.6. The summed E-state index contributed by atoms with van der Waals surface area (Å²) in [6.45, 7) is 3.06. The van der Waals surface area contributed by atoms with Gasteiger partial charge in [-0.3, -0.25) is 4.79 Å². The minimum absolute atomic E-state index is 0.172. The van der Waals surface area contributed by atoms with Gasteiger partial charge in [-0.05, 0) is 50.4 Å². The second kappa shape index (κ2) is 12.3. The van der Waals surface area contributed by atoms with E-state index in [-0.39, 0.29) is 17.8 Å². The predicted molar refractivity (Wildman–Crippen MR) is 118 cm³/mol. The second-order valence-corrected chi connectivity index (χ2v) is 9.48. The van der Waals surface area contributed by atoms with Gasteiger partial charge in [-0.25, -0.2) is 8.78 Å². The molecule has 4 nitrogen and oxygen atoms in total. The van der Waals surface area contributed by atoms with Crippen molar-refractivity contribution >= 4 is 5.97 Å². The average Bonchev–Trinajstić information content (AvgIpc) is 2.79. The number of esters is 1. The van der Waals surface area contributed by atoms with Gasteiger partial charge in [0, 0.05) is 18.7 Å². The van der Waals surface area contributed by atoms with Gasteiger partial charge in [-0.2, -0.15) is 5.26 Å². The van der Waals surface area contributed by atoms with E-state index in [2.05, 4.69) is 6.92 Å². The summed E-state index contributed by atoms with van der Waals surface area (Å²) in [5.74, 6) is -1.47. The highest BCUT2D eigenvalue weighted by Gasteiger charge is 2.29. The Kier molecular flexibility index (Phi) is 9.47. The third-order valence-electron chi connectivity index (χ3n) is 7.10. The lowest BCUT2D eigenvalue weighted by Crippen LogP contribution is -2.30. The van der Waals surface area contributed by atoms with E-state index < -0.39 is 23.2 Å². The lowest BCUT2D eigenvalue weighted by molar-refractivity contribution is -0.141. The minimum atomic E-state index is -1.03. The van der Waals surface area contributed by atoms with E-state index in [1.54, 1.807) is 0 Å². The van der Waals surface area contributed by atoms with E-state index in [0.29, 0.717) is 18.8 Å². The maximum atomic E-state index is 13.7. The molecule has 0 amide bonds.